The molecule has 2 heterocycles. The van der Waals surface area contributed by atoms with Gasteiger partial charge in [-0.2, -0.15) is 0 Å². The molecule has 3 rings (SSSR count). The summed E-state index contributed by atoms with van der Waals surface area (Å²) in [4.78, 5) is 26.0. The van der Waals surface area contributed by atoms with Gasteiger partial charge in [-0.05, 0) is 31.2 Å². The summed E-state index contributed by atoms with van der Waals surface area (Å²) in [6, 6.07) is 10.3. The number of likely N-dealkylation sites (N-methyl/N-ethyl adjacent to an activating group) is 1. The van der Waals surface area contributed by atoms with Crippen molar-refractivity contribution >= 4 is 34.7 Å². The van der Waals surface area contributed by atoms with Crippen molar-refractivity contribution in [2.75, 3.05) is 18.9 Å². The third-order valence-electron chi connectivity index (χ3n) is 3.70. The van der Waals surface area contributed by atoms with Crippen LogP contribution in [0, 0.1) is 6.92 Å². The lowest BCUT2D eigenvalue weighted by molar-refractivity contribution is -0.116. The summed E-state index contributed by atoms with van der Waals surface area (Å²) >= 11 is 6.01. The molecule has 0 radical (unpaired) electrons. The topological polar surface area (TPSA) is 79.6 Å². The maximum Gasteiger partial charge on any atom is 0.255 e. The Morgan fingerprint density at radius 3 is 2.72 bits per heavy atom. The second kappa shape index (κ2) is 6.90. The van der Waals surface area contributed by atoms with Crippen LogP contribution in [0.4, 0.5) is 5.69 Å². The van der Waals surface area contributed by atoms with Gasteiger partial charge in [-0.1, -0.05) is 23.7 Å². The van der Waals surface area contributed by atoms with E-state index < -0.39 is 0 Å². The number of pyridine rings is 1. The van der Waals surface area contributed by atoms with Crippen molar-refractivity contribution in [3.05, 3.63) is 59.0 Å². The first-order valence-corrected chi connectivity index (χ1v) is 7.95. The lowest BCUT2D eigenvalue weighted by atomic mass is 10.2. The van der Waals surface area contributed by atoms with Crippen molar-refractivity contribution in [1.29, 1.82) is 0 Å². The minimum atomic E-state index is -0.328. The third-order valence-corrected chi connectivity index (χ3v) is 4.02. The molecule has 0 saturated heterocycles. The van der Waals surface area contributed by atoms with Gasteiger partial charge in [0.1, 0.15) is 5.82 Å². The molecule has 0 saturated carbocycles. The van der Waals surface area contributed by atoms with E-state index in [2.05, 4.69) is 15.5 Å². The fraction of sp³-hybridized carbons (Fsp3) is 0.176. The molecule has 0 bridgehead atoms. The Kier molecular flexibility index (Phi) is 4.67. The van der Waals surface area contributed by atoms with E-state index in [0.717, 1.165) is 0 Å². The largest absolute Gasteiger partial charge is 0.332 e. The zero-order valence-electron chi connectivity index (χ0n) is 13.7. The normalized spacial score (nSPS) is 10.7. The second-order valence-corrected chi connectivity index (χ2v) is 5.99. The van der Waals surface area contributed by atoms with Gasteiger partial charge in [0.25, 0.3) is 5.91 Å². The number of nitrogens with one attached hydrogen (secondary N) is 1. The van der Waals surface area contributed by atoms with Crippen molar-refractivity contribution in [1.82, 2.24) is 19.5 Å². The van der Waals surface area contributed by atoms with E-state index in [1.807, 2.05) is 0 Å². The van der Waals surface area contributed by atoms with Crippen molar-refractivity contribution in [2.24, 2.45) is 0 Å². The van der Waals surface area contributed by atoms with Crippen LogP contribution in [0.2, 0.25) is 5.02 Å². The van der Waals surface area contributed by atoms with Crippen LogP contribution in [-0.2, 0) is 4.79 Å². The molecule has 0 aliphatic heterocycles. The van der Waals surface area contributed by atoms with Crippen molar-refractivity contribution < 1.29 is 9.59 Å². The molecule has 1 N–H and O–H groups in total. The zero-order valence-corrected chi connectivity index (χ0v) is 14.5. The predicted molar refractivity (Wildman–Crippen MR) is 94.8 cm³/mol. The number of amides is 2. The van der Waals surface area contributed by atoms with Gasteiger partial charge in [-0.3, -0.25) is 14.0 Å². The van der Waals surface area contributed by atoms with Gasteiger partial charge in [0.2, 0.25) is 5.91 Å². The van der Waals surface area contributed by atoms with Crippen molar-refractivity contribution in [3.8, 4) is 0 Å². The van der Waals surface area contributed by atoms with Crippen LogP contribution in [0.15, 0.2) is 42.6 Å². The molecule has 7 nitrogen and oxygen atoms in total. The fourth-order valence-electron chi connectivity index (χ4n) is 2.39. The van der Waals surface area contributed by atoms with Gasteiger partial charge in [0.05, 0.1) is 22.8 Å². The molecule has 0 atom stereocenters. The zero-order chi connectivity index (χ0) is 18.0. The Morgan fingerprint density at radius 2 is 1.96 bits per heavy atom. The van der Waals surface area contributed by atoms with Crippen LogP contribution >= 0.6 is 11.6 Å². The Labute approximate surface area is 149 Å². The van der Waals surface area contributed by atoms with Crippen LogP contribution < -0.4 is 5.32 Å². The number of hydrogen-bond donors (Lipinski definition) is 1. The van der Waals surface area contributed by atoms with Crippen LogP contribution in [-0.4, -0.2) is 44.9 Å². The molecular weight excluding hydrogens is 342 g/mol. The van der Waals surface area contributed by atoms with E-state index in [0.29, 0.717) is 27.7 Å². The molecule has 8 heteroatoms. The number of para-hydroxylation sites is 1. The monoisotopic (exact) mass is 357 g/mol. The minimum absolute atomic E-state index is 0.0940. The van der Waals surface area contributed by atoms with Gasteiger partial charge in [-0.25, -0.2) is 0 Å². The highest BCUT2D eigenvalue weighted by atomic mass is 35.5. The van der Waals surface area contributed by atoms with Crippen molar-refractivity contribution in [3.63, 3.8) is 0 Å². The number of benzene rings is 1. The molecule has 25 heavy (non-hydrogen) atoms. The SMILES string of the molecule is Cc1nnc2ccc(C(=O)N(C)CC(=O)Nc3ccccc3Cl)cn12. The molecule has 0 aliphatic rings. The Balaban J connectivity index is 1.70. The number of fused-ring (bicyclic) bond motifs is 1. The first-order chi connectivity index (χ1) is 12.0. The van der Waals surface area contributed by atoms with Crippen LogP contribution in [0.5, 0.6) is 0 Å². The number of rotatable bonds is 4. The molecule has 1 aromatic carbocycles. The molecular formula is C17H16ClN5O2. The standard InChI is InChI=1S/C17H16ClN5O2/c1-11-20-21-15-8-7-12(9-23(11)15)17(25)22(2)10-16(24)19-14-6-4-3-5-13(14)18/h3-9H,10H2,1-2H3,(H,19,24). The fourth-order valence-corrected chi connectivity index (χ4v) is 2.57. The van der Waals surface area contributed by atoms with E-state index >= 15 is 0 Å². The molecule has 0 fully saturated rings. The highest BCUT2D eigenvalue weighted by Gasteiger charge is 2.17. The quantitative estimate of drug-likeness (QED) is 0.777. The van der Waals surface area contributed by atoms with Gasteiger partial charge in [0, 0.05) is 13.2 Å². The molecule has 2 aromatic heterocycles. The predicted octanol–water partition coefficient (Wildman–Crippen LogP) is 2.40. The van der Waals surface area contributed by atoms with E-state index in [4.69, 9.17) is 11.6 Å². The lowest BCUT2D eigenvalue weighted by Crippen LogP contribution is -2.35. The number of carbonyl (C=O) groups excluding carboxylic acids is 2. The number of aromatic nitrogens is 3. The maximum atomic E-state index is 12.5. The average Bonchev–Trinajstić information content (AvgIpc) is 2.97. The Hall–Kier alpha value is -2.93. The highest BCUT2D eigenvalue weighted by Crippen LogP contribution is 2.20. The van der Waals surface area contributed by atoms with E-state index in [1.54, 1.807) is 61.0 Å². The second-order valence-electron chi connectivity index (χ2n) is 5.58. The smallest absolute Gasteiger partial charge is 0.255 e. The van der Waals surface area contributed by atoms with E-state index in [9.17, 15) is 9.59 Å². The summed E-state index contributed by atoms with van der Waals surface area (Å²) in [6.07, 6.45) is 1.66. The number of aryl methyl sites for hydroxylation is 1. The lowest BCUT2D eigenvalue weighted by Gasteiger charge is -2.17. The minimum Gasteiger partial charge on any atom is -0.332 e. The Morgan fingerprint density at radius 1 is 1.20 bits per heavy atom. The number of anilines is 1. The molecule has 0 spiro atoms. The van der Waals surface area contributed by atoms with Gasteiger partial charge in [-0.15, -0.1) is 10.2 Å². The summed E-state index contributed by atoms with van der Waals surface area (Å²) in [5, 5.41) is 11.1. The molecule has 0 aliphatic carbocycles. The van der Waals surface area contributed by atoms with E-state index in [1.165, 1.54) is 4.90 Å². The van der Waals surface area contributed by atoms with Crippen molar-refractivity contribution in [2.45, 2.75) is 6.92 Å². The first-order valence-electron chi connectivity index (χ1n) is 7.57. The summed E-state index contributed by atoms with van der Waals surface area (Å²) < 4.78 is 1.73. The number of carbonyl (C=O) groups is 2. The third kappa shape index (κ3) is 3.61. The summed E-state index contributed by atoms with van der Waals surface area (Å²) in [7, 11) is 1.57. The van der Waals surface area contributed by atoms with Crippen LogP contribution in [0.3, 0.4) is 0 Å². The van der Waals surface area contributed by atoms with E-state index in [-0.39, 0.29) is 18.4 Å². The van der Waals surface area contributed by atoms with Crippen LogP contribution in [0.1, 0.15) is 16.2 Å². The van der Waals surface area contributed by atoms with Gasteiger partial charge >= 0.3 is 0 Å². The first kappa shape index (κ1) is 16.9. The van der Waals surface area contributed by atoms with Gasteiger partial charge in [0.15, 0.2) is 5.65 Å². The van der Waals surface area contributed by atoms with Crippen LogP contribution in [0.25, 0.3) is 5.65 Å². The molecule has 128 valence electrons. The molecule has 2 amide bonds. The molecule has 3 aromatic rings. The average molecular weight is 358 g/mol. The van der Waals surface area contributed by atoms with Gasteiger partial charge < -0.3 is 10.2 Å². The highest BCUT2D eigenvalue weighted by molar-refractivity contribution is 6.33. The summed E-state index contributed by atoms with van der Waals surface area (Å²) in [5.41, 5.74) is 1.62. The Bertz CT molecular complexity index is 953. The molecule has 0 unspecified atom stereocenters. The maximum absolute atomic E-state index is 12.5. The number of halogens is 1. The summed E-state index contributed by atoms with van der Waals surface area (Å²) in [6.45, 7) is 1.71. The number of nitrogens with zero attached hydrogens (tertiary/aromatic N) is 4. The summed E-state index contributed by atoms with van der Waals surface area (Å²) in [5.74, 6) is 0.0820. The number of hydrogen-bond acceptors (Lipinski definition) is 4.